The molecule has 100 valence electrons. The van der Waals surface area contributed by atoms with Gasteiger partial charge in [-0.15, -0.1) is 0 Å². The average Bonchev–Trinajstić information content (AvgIpc) is 2.43. The van der Waals surface area contributed by atoms with E-state index in [4.69, 9.17) is 23.2 Å². The van der Waals surface area contributed by atoms with Gasteiger partial charge in [0.25, 0.3) is 0 Å². The van der Waals surface area contributed by atoms with Gasteiger partial charge in [-0.25, -0.2) is 0 Å². The minimum Gasteiger partial charge on any atom is -0.319 e. The second-order valence-corrected chi connectivity index (χ2v) is 5.43. The van der Waals surface area contributed by atoms with Gasteiger partial charge in [-0.3, -0.25) is 0 Å². The van der Waals surface area contributed by atoms with Crippen molar-refractivity contribution >= 4 is 23.2 Å². The normalized spacial score (nSPS) is 12.4. The molecule has 3 heteroatoms. The van der Waals surface area contributed by atoms with E-state index >= 15 is 0 Å². The third-order valence-electron chi connectivity index (χ3n) is 3.19. The van der Waals surface area contributed by atoms with E-state index in [1.165, 1.54) is 11.1 Å². The Hall–Kier alpha value is -1.02. The summed E-state index contributed by atoms with van der Waals surface area (Å²) in [4.78, 5) is 0. The van der Waals surface area contributed by atoms with Crippen molar-refractivity contribution in [2.75, 3.05) is 13.6 Å². The van der Waals surface area contributed by atoms with Crippen LogP contribution in [0.25, 0.3) is 0 Å². The van der Waals surface area contributed by atoms with E-state index < -0.39 is 0 Å². The Morgan fingerprint density at radius 3 is 2.37 bits per heavy atom. The Labute approximate surface area is 124 Å². The predicted octanol–water partition coefficient (Wildman–Crippen LogP) is 4.54. The van der Waals surface area contributed by atoms with Crippen LogP contribution in [0.4, 0.5) is 0 Å². The lowest BCUT2D eigenvalue weighted by Gasteiger charge is -2.17. The molecule has 0 amide bonds. The number of likely N-dealkylation sites (N-methyl/N-ethyl adjacent to an activating group) is 1. The van der Waals surface area contributed by atoms with Crippen LogP contribution in [-0.4, -0.2) is 13.6 Å². The van der Waals surface area contributed by atoms with Crippen molar-refractivity contribution in [1.29, 1.82) is 0 Å². The lowest BCUT2D eigenvalue weighted by atomic mass is 9.92. The van der Waals surface area contributed by atoms with Crippen molar-refractivity contribution in [3.63, 3.8) is 0 Å². The van der Waals surface area contributed by atoms with Gasteiger partial charge in [0.05, 0.1) is 10.0 Å². The monoisotopic (exact) mass is 293 g/mol. The maximum absolute atomic E-state index is 6.07. The number of nitrogens with one attached hydrogen (secondary N) is 1. The fourth-order valence-electron chi connectivity index (χ4n) is 2.23. The summed E-state index contributed by atoms with van der Waals surface area (Å²) in [6.07, 6.45) is 0.946. The van der Waals surface area contributed by atoms with Gasteiger partial charge in [-0.2, -0.15) is 0 Å². The van der Waals surface area contributed by atoms with Gasteiger partial charge in [-0.05, 0) is 36.7 Å². The van der Waals surface area contributed by atoms with Crippen LogP contribution in [0.1, 0.15) is 17.0 Å². The molecule has 1 N–H and O–H groups in total. The molecule has 2 aromatic rings. The molecule has 0 saturated heterocycles. The lowest BCUT2D eigenvalue weighted by Crippen LogP contribution is -2.19. The first kappa shape index (κ1) is 14.4. The highest BCUT2D eigenvalue weighted by Gasteiger charge is 2.12. The molecule has 0 radical (unpaired) electrons. The quantitative estimate of drug-likeness (QED) is 0.853. The highest BCUT2D eigenvalue weighted by molar-refractivity contribution is 6.42. The standard InChI is InChI=1S/C16H17Cl2N/c1-19-11-14(13-5-3-2-4-6-13)9-12-7-8-15(17)16(18)10-12/h2-8,10,14,19H,9,11H2,1H3. The molecule has 1 unspecified atom stereocenters. The summed E-state index contributed by atoms with van der Waals surface area (Å²) >= 11 is 12.0. The number of hydrogen-bond donors (Lipinski definition) is 1. The first-order valence-electron chi connectivity index (χ1n) is 6.34. The number of halogens is 2. The molecule has 0 spiro atoms. The zero-order valence-corrected chi connectivity index (χ0v) is 12.4. The Bertz CT molecular complexity index is 526. The molecule has 0 saturated carbocycles. The molecule has 0 aliphatic rings. The topological polar surface area (TPSA) is 12.0 Å². The van der Waals surface area contributed by atoms with Crippen molar-refractivity contribution in [2.45, 2.75) is 12.3 Å². The van der Waals surface area contributed by atoms with Gasteiger partial charge in [-0.1, -0.05) is 59.6 Å². The maximum Gasteiger partial charge on any atom is 0.0595 e. The largest absolute Gasteiger partial charge is 0.319 e. The van der Waals surface area contributed by atoms with Crippen molar-refractivity contribution < 1.29 is 0 Å². The van der Waals surface area contributed by atoms with Gasteiger partial charge in [0.2, 0.25) is 0 Å². The highest BCUT2D eigenvalue weighted by Crippen LogP contribution is 2.26. The highest BCUT2D eigenvalue weighted by atomic mass is 35.5. The SMILES string of the molecule is CNCC(Cc1ccc(Cl)c(Cl)c1)c1ccccc1. The summed E-state index contributed by atoms with van der Waals surface area (Å²) in [5, 5.41) is 4.48. The molecule has 0 aliphatic heterocycles. The van der Waals surface area contributed by atoms with E-state index in [0.29, 0.717) is 16.0 Å². The van der Waals surface area contributed by atoms with Crippen LogP contribution in [0.3, 0.4) is 0 Å². The van der Waals surface area contributed by atoms with Crippen molar-refractivity contribution in [1.82, 2.24) is 5.32 Å². The Kier molecular flexibility index (Phi) is 5.26. The summed E-state index contributed by atoms with van der Waals surface area (Å²) in [5.74, 6) is 0.434. The Balaban J connectivity index is 2.19. The minimum atomic E-state index is 0.434. The summed E-state index contributed by atoms with van der Waals surface area (Å²) in [6, 6.07) is 16.4. The van der Waals surface area contributed by atoms with Crippen LogP contribution in [-0.2, 0) is 6.42 Å². The summed E-state index contributed by atoms with van der Waals surface area (Å²) in [6.45, 7) is 0.935. The molecular formula is C16H17Cl2N. The zero-order valence-electron chi connectivity index (χ0n) is 10.9. The number of rotatable bonds is 5. The molecule has 0 aromatic heterocycles. The van der Waals surface area contributed by atoms with Crippen LogP contribution in [0.5, 0.6) is 0 Å². The second-order valence-electron chi connectivity index (χ2n) is 4.62. The summed E-state index contributed by atoms with van der Waals surface area (Å²) in [7, 11) is 1.98. The van der Waals surface area contributed by atoms with Gasteiger partial charge < -0.3 is 5.32 Å². The second kappa shape index (κ2) is 6.95. The smallest absolute Gasteiger partial charge is 0.0595 e. The van der Waals surface area contributed by atoms with E-state index in [1.807, 2.05) is 31.3 Å². The van der Waals surface area contributed by atoms with Crippen molar-refractivity contribution in [2.24, 2.45) is 0 Å². The molecular weight excluding hydrogens is 277 g/mol. The first-order valence-corrected chi connectivity index (χ1v) is 7.09. The molecule has 0 heterocycles. The molecule has 0 fully saturated rings. The fourth-order valence-corrected chi connectivity index (χ4v) is 2.55. The van der Waals surface area contributed by atoms with Gasteiger partial charge in [0, 0.05) is 12.5 Å². The third kappa shape index (κ3) is 3.97. The van der Waals surface area contributed by atoms with Gasteiger partial charge in [0.1, 0.15) is 0 Å². The number of benzene rings is 2. The molecule has 0 aliphatic carbocycles. The number of hydrogen-bond acceptors (Lipinski definition) is 1. The molecule has 0 bridgehead atoms. The molecule has 1 nitrogen and oxygen atoms in total. The van der Waals surface area contributed by atoms with Crippen LogP contribution in [0, 0.1) is 0 Å². The molecule has 2 rings (SSSR count). The lowest BCUT2D eigenvalue weighted by molar-refractivity contribution is 0.626. The first-order chi connectivity index (χ1) is 9.20. The van der Waals surface area contributed by atoms with Gasteiger partial charge in [0.15, 0.2) is 0 Å². The Morgan fingerprint density at radius 1 is 1.00 bits per heavy atom. The van der Waals surface area contributed by atoms with E-state index in [1.54, 1.807) is 0 Å². The zero-order chi connectivity index (χ0) is 13.7. The summed E-state index contributed by atoms with van der Waals surface area (Å²) in [5.41, 5.74) is 2.54. The molecule has 19 heavy (non-hydrogen) atoms. The maximum atomic E-state index is 6.07. The van der Waals surface area contributed by atoms with Gasteiger partial charge >= 0.3 is 0 Å². The minimum absolute atomic E-state index is 0.434. The fraction of sp³-hybridized carbons (Fsp3) is 0.250. The summed E-state index contributed by atoms with van der Waals surface area (Å²) < 4.78 is 0. The van der Waals surface area contributed by atoms with Crippen LogP contribution >= 0.6 is 23.2 Å². The van der Waals surface area contributed by atoms with E-state index in [2.05, 4.69) is 29.6 Å². The Morgan fingerprint density at radius 2 is 1.74 bits per heavy atom. The van der Waals surface area contributed by atoms with Crippen molar-refractivity contribution in [3.8, 4) is 0 Å². The average molecular weight is 294 g/mol. The van der Waals surface area contributed by atoms with Crippen LogP contribution in [0.15, 0.2) is 48.5 Å². The van der Waals surface area contributed by atoms with Crippen LogP contribution < -0.4 is 5.32 Å². The third-order valence-corrected chi connectivity index (χ3v) is 3.93. The molecule has 2 aromatic carbocycles. The van der Waals surface area contributed by atoms with E-state index in [0.717, 1.165) is 13.0 Å². The van der Waals surface area contributed by atoms with Crippen molar-refractivity contribution in [3.05, 3.63) is 69.7 Å². The van der Waals surface area contributed by atoms with Crippen LogP contribution in [0.2, 0.25) is 10.0 Å². The predicted molar refractivity (Wildman–Crippen MR) is 83.3 cm³/mol. The molecule has 1 atom stereocenters. The van der Waals surface area contributed by atoms with E-state index in [-0.39, 0.29) is 0 Å². The van der Waals surface area contributed by atoms with E-state index in [9.17, 15) is 0 Å².